The summed E-state index contributed by atoms with van der Waals surface area (Å²) in [6.07, 6.45) is 1.87. The van der Waals surface area contributed by atoms with Gasteiger partial charge in [0.1, 0.15) is 12.4 Å². The van der Waals surface area contributed by atoms with Gasteiger partial charge in [-0.05, 0) is 48.0 Å². The number of carbonyl (C=O) groups is 2. The number of anilines is 1. The van der Waals surface area contributed by atoms with Crippen LogP contribution in [-0.2, 0) is 16.1 Å². The van der Waals surface area contributed by atoms with Gasteiger partial charge in [0.05, 0.1) is 18.4 Å². The number of halogens is 1. The number of esters is 1. The molecule has 5 nitrogen and oxygen atoms in total. The lowest BCUT2D eigenvalue weighted by molar-refractivity contribution is -0.112. The molecule has 156 valence electrons. The second kappa shape index (κ2) is 8.78. The lowest BCUT2D eigenvalue weighted by atomic mass is 10.0. The topological polar surface area (TPSA) is 55.8 Å². The third kappa shape index (κ3) is 4.25. The van der Waals surface area contributed by atoms with Crippen molar-refractivity contribution in [3.63, 3.8) is 0 Å². The lowest BCUT2D eigenvalue weighted by Gasteiger charge is -2.10. The standard InChI is InChI=1S/C25H20BrNO4/c1-27-22-12-11-19(26)14-20(22)21(24(27)28)13-18-5-3-4-6-23(18)31-15-16-7-9-17(10-8-16)25(29)30-2/h3-14H,15H2,1-2H3. The Morgan fingerprint density at radius 3 is 2.55 bits per heavy atom. The molecule has 0 saturated heterocycles. The molecule has 0 unspecified atom stereocenters. The minimum absolute atomic E-state index is 0.0543. The van der Waals surface area contributed by atoms with E-state index in [1.165, 1.54) is 7.11 Å². The Morgan fingerprint density at radius 2 is 1.81 bits per heavy atom. The summed E-state index contributed by atoms with van der Waals surface area (Å²) in [5, 5.41) is 0. The van der Waals surface area contributed by atoms with Gasteiger partial charge < -0.3 is 14.4 Å². The second-order valence-electron chi connectivity index (χ2n) is 7.10. The van der Waals surface area contributed by atoms with Gasteiger partial charge in [-0.25, -0.2) is 4.79 Å². The number of fused-ring (bicyclic) bond motifs is 1. The Hall–Kier alpha value is -3.38. The highest BCUT2D eigenvalue weighted by Gasteiger charge is 2.29. The number of hydrogen-bond donors (Lipinski definition) is 0. The zero-order chi connectivity index (χ0) is 22.0. The average Bonchev–Trinajstić information content (AvgIpc) is 3.02. The molecule has 0 atom stereocenters. The molecule has 1 heterocycles. The molecule has 1 aliphatic heterocycles. The Morgan fingerprint density at radius 1 is 1.06 bits per heavy atom. The smallest absolute Gasteiger partial charge is 0.337 e. The molecule has 0 aromatic heterocycles. The average molecular weight is 478 g/mol. The van der Waals surface area contributed by atoms with Gasteiger partial charge in [-0.3, -0.25) is 4.79 Å². The maximum atomic E-state index is 12.8. The van der Waals surface area contributed by atoms with Crippen molar-refractivity contribution in [1.29, 1.82) is 0 Å². The van der Waals surface area contributed by atoms with Gasteiger partial charge in [-0.15, -0.1) is 0 Å². The fraction of sp³-hybridized carbons (Fsp3) is 0.120. The number of rotatable bonds is 5. The minimum atomic E-state index is -0.373. The zero-order valence-electron chi connectivity index (χ0n) is 17.1. The third-order valence-electron chi connectivity index (χ3n) is 5.13. The van der Waals surface area contributed by atoms with E-state index < -0.39 is 0 Å². The number of para-hydroxylation sites is 1. The van der Waals surface area contributed by atoms with Crippen LogP contribution >= 0.6 is 15.9 Å². The Balaban J connectivity index is 1.59. The number of amides is 1. The number of ether oxygens (including phenoxy) is 2. The summed E-state index contributed by atoms with van der Waals surface area (Å²) in [5.41, 5.74) is 4.61. The molecular weight excluding hydrogens is 458 g/mol. The summed E-state index contributed by atoms with van der Waals surface area (Å²) < 4.78 is 11.7. The second-order valence-corrected chi connectivity index (χ2v) is 8.01. The van der Waals surface area contributed by atoms with Gasteiger partial charge in [-0.2, -0.15) is 0 Å². The van der Waals surface area contributed by atoms with Crippen molar-refractivity contribution in [2.45, 2.75) is 6.61 Å². The van der Waals surface area contributed by atoms with Crippen molar-refractivity contribution in [2.75, 3.05) is 19.1 Å². The van der Waals surface area contributed by atoms with E-state index in [0.717, 1.165) is 26.9 Å². The molecule has 0 saturated carbocycles. The summed E-state index contributed by atoms with van der Waals surface area (Å²) in [6.45, 7) is 0.331. The monoisotopic (exact) mass is 477 g/mol. The minimum Gasteiger partial charge on any atom is -0.488 e. The fourth-order valence-corrected chi connectivity index (χ4v) is 3.83. The van der Waals surface area contributed by atoms with Crippen LogP contribution in [0.5, 0.6) is 5.75 Å². The Bertz CT molecular complexity index is 1180. The van der Waals surface area contributed by atoms with Crippen molar-refractivity contribution in [3.05, 3.63) is 93.5 Å². The highest BCUT2D eigenvalue weighted by Crippen LogP contribution is 2.39. The first kappa shape index (κ1) is 20.9. The predicted molar refractivity (Wildman–Crippen MR) is 124 cm³/mol. The molecule has 4 rings (SSSR count). The predicted octanol–water partition coefficient (Wildman–Crippen LogP) is 5.33. The summed E-state index contributed by atoms with van der Waals surface area (Å²) >= 11 is 3.49. The van der Waals surface area contributed by atoms with Crippen LogP contribution in [0.3, 0.4) is 0 Å². The van der Waals surface area contributed by atoms with Crippen molar-refractivity contribution in [2.24, 2.45) is 0 Å². The number of nitrogens with zero attached hydrogens (tertiary/aromatic N) is 1. The van der Waals surface area contributed by atoms with Gasteiger partial charge in [0, 0.05) is 28.2 Å². The van der Waals surface area contributed by atoms with E-state index in [0.29, 0.717) is 23.5 Å². The molecule has 6 heteroatoms. The van der Waals surface area contributed by atoms with E-state index in [4.69, 9.17) is 9.47 Å². The van der Waals surface area contributed by atoms with Crippen LogP contribution in [0.1, 0.15) is 27.0 Å². The Labute approximate surface area is 189 Å². The molecule has 3 aromatic carbocycles. The van der Waals surface area contributed by atoms with Crippen LogP contribution < -0.4 is 9.64 Å². The van der Waals surface area contributed by atoms with Gasteiger partial charge in [0.15, 0.2) is 0 Å². The van der Waals surface area contributed by atoms with E-state index in [2.05, 4.69) is 15.9 Å². The van der Waals surface area contributed by atoms with Crippen molar-refractivity contribution in [1.82, 2.24) is 0 Å². The number of methoxy groups -OCH3 is 1. The molecular formula is C25H20BrNO4. The van der Waals surface area contributed by atoms with Crippen LogP contribution in [0.15, 0.2) is 71.2 Å². The van der Waals surface area contributed by atoms with Gasteiger partial charge in [-0.1, -0.05) is 46.3 Å². The summed E-state index contributed by atoms with van der Waals surface area (Å²) in [5.74, 6) is 0.245. The van der Waals surface area contributed by atoms with Crippen molar-refractivity contribution < 1.29 is 19.1 Å². The van der Waals surface area contributed by atoms with Crippen LogP contribution in [0.4, 0.5) is 5.69 Å². The number of hydrogen-bond acceptors (Lipinski definition) is 4. The van der Waals surface area contributed by atoms with Crippen molar-refractivity contribution in [3.8, 4) is 5.75 Å². The first-order valence-corrected chi connectivity index (χ1v) is 10.5. The summed E-state index contributed by atoms with van der Waals surface area (Å²) in [7, 11) is 3.13. The number of likely N-dealkylation sites (N-methyl/N-ethyl adjacent to an activating group) is 1. The van der Waals surface area contributed by atoms with Gasteiger partial charge in [0.2, 0.25) is 0 Å². The van der Waals surface area contributed by atoms with Crippen LogP contribution in [0, 0.1) is 0 Å². The van der Waals surface area contributed by atoms with E-state index in [1.54, 1.807) is 24.1 Å². The van der Waals surface area contributed by atoms with Crippen LogP contribution in [0.25, 0.3) is 11.6 Å². The molecule has 1 amide bonds. The normalized spacial score (nSPS) is 14.0. The molecule has 0 radical (unpaired) electrons. The number of benzene rings is 3. The molecule has 1 aliphatic rings. The van der Waals surface area contributed by atoms with Crippen LogP contribution in [0.2, 0.25) is 0 Å². The third-order valence-corrected chi connectivity index (χ3v) is 5.63. The van der Waals surface area contributed by atoms with Crippen molar-refractivity contribution >= 4 is 45.1 Å². The van der Waals surface area contributed by atoms with Gasteiger partial charge in [0.25, 0.3) is 5.91 Å². The largest absolute Gasteiger partial charge is 0.488 e. The van der Waals surface area contributed by atoms with E-state index in [9.17, 15) is 9.59 Å². The Kier molecular flexibility index (Phi) is 5.91. The SMILES string of the molecule is COC(=O)c1ccc(COc2ccccc2C=C2C(=O)N(C)c3ccc(Br)cc32)cc1. The van der Waals surface area contributed by atoms with Gasteiger partial charge >= 0.3 is 5.97 Å². The maximum Gasteiger partial charge on any atom is 0.337 e. The maximum absolute atomic E-state index is 12.8. The highest BCUT2D eigenvalue weighted by molar-refractivity contribution is 9.10. The first-order valence-electron chi connectivity index (χ1n) is 9.66. The first-order chi connectivity index (χ1) is 15.0. The molecule has 3 aromatic rings. The number of carbonyl (C=O) groups excluding carboxylic acids is 2. The van der Waals surface area contributed by atoms with E-state index >= 15 is 0 Å². The van der Waals surface area contributed by atoms with E-state index in [-0.39, 0.29) is 11.9 Å². The molecule has 0 spiro atoms. The zero-order valence-corrected chi connectivity index (χ0v) is 18.7. The van der Waals surface area contributed by atoms with E-state index in [1.807, 2.05) is 60.7 Å². The lowest BCUT2D eigenvalue weighted by Crippen LogP contribution is -2.20. The summed E-state index contributed by atoms with van der Waals surface area (Å²) in [6, 6.07) is 20.5. The molecule has 0 fully saturated rings. The molecule has 0 N–H and O–H groups in total. The van der Waals surface area contributed by atoms with Crippen LogP contribution in [-0.4, -0.2) is 26.0 Å². The quantitative estimate of drug-likeness (QED) is 0.368. The fourth-order valence-electron chi connectivity index (χ4n) is 3.46. The molecule has 0 bridgehead atoms. The molecule has 31 heavy (non-hydrogen) atoms. The summed E-state index contributed by atoms with van der Waals surface area (Å²) in [4.78, 5) is 26.1. The highest BCUT2D eigenvalue weighted by atomic mass is 79.9. The molecule has 0 aliphatic carbocycles.